The maximum absolute atomic E-state index is 6.19. The van der Waals surface area contributed by atoms with Gasteiger partial charge in [0.2, 0.25) is 8.32 Å². The van der Waals surface area contributed by atoms with E-state index >= 15 is 0 Å². The highest BCUT2D eigenvalue weighted by Crippen LogP contribution is 2.30. The molecule has 0 bridgehead atoms. The van der Waals surface area contributed by atoms with Crippen molar-refractivity contribution in [2.45, 2.75) is 69.9 Å². The van der Waals surface area contributed by atoms with Crippen molar-refractivity contribution >= 4 is 24.2 Å². The molecular weight excluding hydrogens is 268 g/mol. The van der Waals surface area contributed by atoms with E-state index in [1.54, 1.807) is 0 Å². The second kappa shape index (κ2) is 8.77. The first-order chi connectivity index (χ1) is 7.13. The monoisotopic (exact) mass is 294 g/mol. The van der Waals surface area contributed by atoms with Gasteiger partial charge in [0.15, 0.2) is 0 Å². The van der Waals surface area contributed by atoms with Crippen LogP contribution in [0.25, 0.3) is 0 Å². The Bertz CT molecular complexity index is 143. The van der Waals surface area contributed by atoms with Crippen LogP contribution in [0.1, 0.15) is 53.4 Å². The molecule has 0 amide bonds. The van der Waals surface area contributed by atoms with Gasteiger partial charge in [-0.2, -0.15) is 0 Å². The fourth-order valence-electron chi connectivity index (χ4n) is 2.02. The van der Waals surface area contributed by atoms with Crippen molar-refractivity contribution in [2.24, 2.45) is 0 Å². The second-order valence-corrected chi connectivity index (χ2v) is 10.8. The minimum Gasteiger partial charge on any atom is -0.416 e. The van der Waals surface area contributed by atoms with Gasteiger partial charge in [-0.05, 0) is 19.0 Å². The molecule has 0 aliphatic heterocycles. The SMILES string of the molecule is CCCC[Si](CCCC)(OCC)C(C)Br. The normalized spacial score (nSPS) is 14.2. The van der Waals surface area contributed by atoms with Gasteiger partial charge in [-0.15, -0.1) is 0 Å². The van der Waals surface area contributed by atoms with Gasteiger partial charge in [0.1, 0.15) is 0 Å². The van der Waals surface area contributed by atoms with E-state index in [2.05, 4.69) is 43.6 Å². The van der Waals surface area contributed by atoms with Gasteiger partial charge >= 0.3 is 0 Å². The molecule has 0 saturated heterocycles. The largest absolute Gasteiger partial charge is 0.416 e. The van der Waals surface area contributed by atoms with Crippen LogP contribution in [0.15, 0.2) is 0 Å². The molecule has 0 aromatic heterocycles. The zero-order valence-corrected chi connectivity index (χ0v) is 13.4. The van der Waals surface area contributed by atoms with Gasteiger partial charge in [0, 0.05) is 11.1 Å². The topological polar surface area (TPSA) is 9.23 Å². The molecule has 92 valence electrons. The number of hydrogen-bond acceptors (Lipinski definition) is 1. The standard InChI is InChI=1S/C12H27BrOSi/c1-5-8-10-15(12(4)13,14-7-3)11-9-6-2/h12H,5-11H2,1-4H3. The van der Waals surface area contributed by atoms with E-state index in [1.165, 1.54) is 37.8 Å². The third-order valence-electron chi connectivity index (χ3n) is 3.06. The van der Waals surface area contributed by atoms with Crippen LogP contribution >= 0.6 is 15.9 Å². The number of alkyl halides is 1. The molecule has 0 saturated carbocycles. The summed E-state index contributed by atoms with van der Waals surface area (Å²) in [6.07, 6.45) is 5.22. The number of rotatable bonds is 9. The molecular formula is C12H27BrOSi. The molecule has 0 aromatic carbocycles. The van der Waals surface area contributed by atoms with E-state index in [0.29, 0.717) is 4.45 Å². The molecule has 0 aliphatic rings. The first-order valence-electron chi connectivity index (χ1n) is 6.41. The van der Waals surface area contributed by atoms with Gasteiger partial charge in [-0.25, -0.2) is 0 Å². The highest BCUT2D eigenvalue weighted by atomic mass is 79.9. The van der Waals surface area contributed by atoms with Gasteiger partial charge in [0.25, 0.3) is 0 Å². The summed E-state index contributed by atoms with van der Waals surface area (Å²) >= 11 is 3.80. The van der Waals surface area contributed by atoms with E-state index < -0.39 is 8.32 Å². The van der Waals surface area contributed by atoms with E-state index in [9.17, 15) is 0 Å². The summed E-state index contributed by atoms with van der Waals surface area (Å²) in [5.41, 5.74) is 0. The predicted octanol–water partition coefficient (Wildman–Crippen LogP) is 4.89. The van der Waals surface area contributed by atoms with Crippen LogP contribution in [0.5, 0.6) is 0 Å². The maximum atomic E-state index is 6.19. The van der Waals surface area contributed by atoms with E-state index in [-0.39, 0.29) is 0 Å². The van der Waals surface area contributed by atoms with Crippen molar-refractivity contribution in [2.75, 3.05) is 6.61 Å². The third kappa shape index (κ3) is 5.50. The molecule has 1 nitrogen and oxygen atoms in total. The Kier molecular flexibility index (Phi) is 9.15. The third-order valence-corrected chi connectivity index (χ3v) is 10.3. The Labute approximate surface area is 105 Å². The first-order valence-corrected chi connectivity index (χ1v) is 9.72. The lowest BCUT2D eigenvalue weighted by atomic mass is 10.4. The van der Waals surface area contributed by atoms with Crippen molar-refractivity contribution in [3.05, 3.63) is 0 Å². The summed E-state index contributed by atoms with van der Waals surface area (Å²) < 4.78 is 6.77. The molecule has 1 unspecified atom stereocenters. The Morgan fingerprint density at radius 3 is 1.80 bits per heavy atom. The fourth-order valence-corrected chi connectivity index (χ4v) is 7.83. The smallest absolute Gasteiger partial charge is 0.205 e. The van der Waals surface area contributed by atoms with Crippen molar-refractivity contribution in [1.82, 2.24) is 0 Å². The van der Waals surface area contributed by atoms with Gasteiger partial charge in [-0.1, -0.05) is 62.4 Å². The van der Waals surface area contributed by atoms with E-state index in [4.69, 9.17) is 4.43 Å². The van der Waals surface area contributed by atoms with Gasteiger partial charge in [0.05, 0.1) is 0 Å². The van der Waals surface area contributed by atoms with Crippen LogP contribution < -0.4 is 0 Å². The van der Waals surface area contributed by atoms with Crippen molar-refractivity contribution in [3.8, 4) is 0 Å². The minimum absolute atomic E-state index is 0.586. The molecule has 0 fully saturated rings. The quantitative estimate of drug-likeness (QED) is 0.434. The lowest BCUT2D eigenvalue weighted by molar-refractivity contribution is 0.315. The molecule has 15 heavy (non-hydrogen) atoms. The Balaban J connectivity index is 4.41. The summed E-state index contributed by atoms with van der Waals surface area (Å²) in [6.45, 7) is 9.84. The molecule has 0 radical (unpaired) electrons. The average molecular weight is 295 g/mol. The van der Waals surface area contributed by atoms with E-state index in [0.717, 1.165) is 6.61 Å². The Hall–Kier alpha value is 0.657. The van der Waals surface area contributed by atoms with Crippen LogP contribution in [-0.2, 0) is 4.43 Å². The number of halogens is 1. The van der Waals surface area contributed by atoms with E-state index in [1.807, 2.05) is 0 Å². The summed E-state index contributed by atoms with van der Waals surface area (Å²) in [4.78, 5) is 0. The van der Waals surface area contributed by atoms with Crippen LogP contribution in [-0.4, -0.2) is 19.4 Å². The van der Waals surface area contributed by atoms with Crippen molar-refractivity contribution in [1.29, 1.82) is 0 Å². The average Bonchev–Trinajstić information content (AvgIpc) is 2.22. The summed E-state index contributed by atoms with van der Waals surface area (Å²) in [5.74, 6) is 0. The maximum Gasteiger partial charge on any atom is 0.205 e. The minimum atomic E-state index is -1.50. The predicted molar refractivity (Wildman–Crippen MR) is 75.2 cm³/mol. The van der Waals surface area contributed by atoms with Crippen molar-refractivity contribution in [3.63, 3.8) is 0 Å². The van der Waals surface area contributed by atoms with Crippen LogP contribution in [0, 0.1) is 0 Å². The molecule has 0 spiro atoms. The Morgan fingerprint density at radius 1 is 1.07 bits per heavy atom. The van der Waals surface area contributed by atoms with Gasteiger partial charge < -0.3 is 4.43 Å². The molecule has 0 aliphatic carbocycles. The van der Waals surface area contributed by atoms with Crippen LogP contribution in [0.3, 0.4) is 0 Å². The molecule has 0 rings (SSSR count). The first kappa shape index (κ1) is 15.7. The molecule has 3 heteroatoms. The lowest BCUT2D eigenvalue weighted by Crippen LogP contribution is -2.46. The highest BCUT2D eigenvalue weighted by Gasteiger charge is 2.37. The van der Waals surface area contributed by atoms with Crippen LogP contribution in [0.4, 0.5) is 0 Å². The molecule has 0 aromatic rings. The molecule has 1 atom stereocenters. The van der Waals surface area contributed by atoms with Gasteiger partial charge in [-0.3, -0.25) is 0 Å². The fraction of sp³-hybridized carbons (Fsp3) is 1.00. The lowest BCUT2D eigenvalue weighted by Gasteiger charge is -2.34. The zero-order valence-electron chi connectivity index (χ0n) is 10.8. The number of hydrogen-bond donors (Lipinski definition) is 0. The number of unbranched alkanes of at least 4 members (excludes halogenated alkanes) is 2. The summed E-state index contributed by atoms with van der Waals surface area (Å²) in [6, 6.07) is 2.65. The zero-order chi connectivity index (χ0) is 11.7. The molecule has 0 heterocycles. The van der Waals surface area contributed by atoms with Crippen molar-refractivity contribution < 1.29 is 4.43 Å². The summed E-state index contributed by atoms with van der Waals surface area (Å²) in [5, 5.41) is 0. The van der Waals surface area contributed by atoms with Crippen LogP contribution in [0.2, 0.25) is 12.1 Å². The highest BCUT2D eigenvalue weighted by molar-refractivity contribution is 9.10. The second-order valence-electron chi connectivity index (χ2n) is 4.32. The Morgan fingerprint density at radius 2 is 1.53 bits per heavy atom. The molecule has 0 N–H and O–H groups in total. The summed E-state index contributed by atoms with van der Waals surface area (Å²) in [7, 11) is -1.50.